The molecule has 0 unspecified atom stereocenters. The molecule has 0 aliphatic rings. The summed E-state index contributed by atoms with van der Waals surface area (Å²) in [6, 6.07) is 0. The molecule has 14 heavy (non-hydrogen) atoms. The van der Waals surface area contributed by atoms with Crippen molar-refractivity contribution in [2.75, 3.05) is 0 Å². The van der Waals surface area contributed by atoms with Crippen molar-refractivity contribution in [3.05, 3.63) is 12.7 Å². The fourth-order valence-electron chi connectivity index (χ4n) is 0.567. The molecule has 0 radical (unpaired) electrons. The van der Waals surface area contributed by atoms with Crippen LogP contribution in [0.4, 0.5) is 30.7 Å². The van der Waals surface area contributed by atoms with E-state index in [2.05, 4.69) is 6.58 Å². The molecule has 0 heterocycles. The highest BCUT2D eigenvalue weighted by molar-refractivity contribution is 4.89. The third-order valence-electron chi connectivity index (χ3n) is 1.49. The molecule has 0 aliphatic heterocycles. The van der Waals surface area contributed by atoms with Crippen molar-refractivity contribution in [2.24, 2.45) is 0 Å². The van der Waals surface area contributed by atoms with Gasteiger partial charge in [0.15, 0.2) is 0 Å². The van der Waals surface area contributed by atoms with Crippen LogP contribution >= 0.6 is 0 Å². The Morgan fingerprint density at radius 3 is 1.57 bits per heavy atom. The zero-order chi connectivity index (χ0) is 11.6. The Bertz CT molecular complexity index is 203. The summed E-state index contributed by atoms with van der Waals surface area (Å²) in [5.74, 6) is -8.78. The van der Waals surface area contributed by atoms with Gasteiger partial charge in [0.2, 0.25) is 0 Å². The molecule has 0 aromatic rings. The lowest BCUT2D eigenvalue weighted by Crippen LogP contribution is -2.37. The van der Waals surface area contributed by atoms with Gasteiger partial charge in [0.1, 0.15) is 0 Å². The van der Waals surface area contributed by atoms with Crippen LogP contribution in [-0.4, -0.2) is 18.0 Å². The minimum absolute atomic E-state index is 0.0411. The Labute approximate surface area is 75.4 Å². The SMILES string of the molecule is C=CC(F)(F)CCC(F)(F)C(F)(F)F. The molecule has 0 rings (SSSR count). The quantitative estimate of drug-likeness (QED) is 0.503. The van der Waals surface area contributed by atoms with Gasteiger partial charge in [-0.3, -0.25) is 0 Å². The third-order valence-corrected chi connectivity index (χ3v) is 1.49. The van der Waals surface area contributed by atoms with Gasteiger partial charge in [0.25, 0.3) is 5.92 Å². The van der Waals surface area contributed by atoms with Gasteiger partial charge in [-0.05, 0) is 6.08 Å². The second kappa shape index (κ2) is 3.78. The Morgan fingerprint density at radius 2 is 1.29 bits per heavy atom. The van der Waals surface area contributed by atoms with E-state index in [0.717, 1.165) is 0 Å². The maximum Gasteiger partial charge on any atom is 0.453 e. The Morgan fingerprint density at radius 1 is 0.857 bits per heavy atom. The van der Waals surface area contributed by atoms with E-state index in [9.17, 15) is 30.7 Å². The predicted molar refractivity (Wildman–Crippen MR) is 35.4 cm³/mol. The number of alkyl halides is 7. The highest BCUT2D eigenvalue weighted by Crippen LogP contribution is 2.40. The summed E-state index contributed by atoms with van der Waals surface area (Å²) >= 11 is 0. The molecule has 0 amide bonds. The molecule has 0 N–H and O–H groups in total. The molecule has 84 valence electrons. The highest BCUT2D eigenvalue weighted by atomic mass is 19.4. The number of halogens is 7. The van der Waals surface area contributed by atoms with E-state index in [1.165, 1.54) is 0 Å². The van der Waals surface area contributed by atoms with Crippen molar-refractivity contribution >= 4 is 0 Å². The van der Waals surface area contributed by atoms with Crippen molar-refractivity contribution in [3.8, 4) is 0 Å². The smallest absolute Gasteiger partial charge is 0.202 e. The van der Waals surface area contributed by atoms with Crippen LogP contribution in [0.5, 0.6) is 0 Å². The summed E-state index contributed by atoms with van der Waals surface area (Å²) in [7, 11) is 0. The monoisotopic (exact) mass is 224 g/mol. The summed E-state index contributed by atoms with van der Waals surface area (Å²) in [6.07, 6.45) is -9.28. The van der Waals surface area contributed by atoms with Gasteiger partial charge in [-0.2, -0.15) is 22.0 Å². The van der Waals surface area contributed by atoms with Crippen LogP contribution in [0.3, 0.4) is 0 Å². The van der Waals surface area contributed by atoms with Crippen molar-refractivity contribution in [1.82, 2.24) is 0 Å². The Hall–Kier alpha value is -0.750. The molecule has 0 saturated heterocycles. The first-order chi connectivity index (χ1) is 6.02. The number of rotatable bonds is 4. The standard InChI is InChI=1S/C7H7F7/c1-2-5(8,9)3-4-6(10,11)7(12,13)14/h2H,1,3-4H2. The van der Waals surface area contributed by atoms with Crippen LogP contribution in [0, 0.1) is 0 Å². The number of hydrogen-bond acceptors (Lipinski definition) is 0. The Balaban J connectivity index is 4.33. The lowest BCUT2D eigenvalue weighted by atomic mass is 10.1. The lowest BCUT2D eigenvalue weighted by molar-refractivity contribution is -0.286. The van der Waals surface area contributed by atoms with Crippen LogP contribution in [0.15, 0.2) is 12.7 Å². The molecule has 0 bridgehead atoms. The average Bonchev–Trinajstić information content (AvgIpc) is 1.99. The van der Waals surface area contributed by atoms with Crippen LogP contribution in [0.25, 0.3) is 0 Å². The van der Waals surface area contributed by atoms with Gasteiger partial charge in [0, 0.05) is 12.8 Å². The summed E-state index contributed by atoms with van der Waals surface area (Å²) in [5.41, 5.74) is 0. The van der Waals surface area contributed by atoms with E-state index >= 15 is 0 Å². The number of allylic oxidation sites excluding steroid dienone is 1. The first-order valence-corrected chi connectivity index (χ1v) is 3.48. The molecule has 7 heteroatoms. The molecule has 0 aromatic carbocycles. The Kier molecular flexibility index (Phi) is 3.58. The molecule has 0 aromatic heterocycles. The number of hydrogen-bond donors (Lipinski definition) is 0. The summed E-state index contributed by atoms with van der Waals surface area (Å²) in [6.45, 7) is 2.62. The maximum atomic E-state index is 12.3. The van der Waals surface area contributed by atoms with Gasteiger partial charge >= 0.3 is 12.1 Å². The molecular formula is C7H7F7. The zero-order valence-electron chi connectivity index (χ0n) is 6.84. The minimum Gasteiger partial charge on any atom is -0.202 e. The van der Waals surface area contributed by atoms with Crippen molar-refractivity contribution in [3.63, 3.8) is 0 Å². The topological polar surface area (TPSA) is 0 Å². The fourth-order valence-corrected chi connectivity index (χ4v) is 0.567. The summed E-state index contributed by atoms with van der Waals surface area (Å²) in [5, 5.41) is 0. The first kappa shape index (κ1) is 13.2. The van der Waals surface area contributed by atoms with Crippen LogP contribution in [0.2, 0.25) is 0 Å². The van der Waals surface area contributed by atoms with Crippen molar-refractivity contribution in [2.45, 2.75) is 30.9 Å². The summed E-state index contributed by atoms with van der Waals surface area (Å²) < 4.78 is 83.2. The molecular weight excluding hydrogens is 217 g/mol. The van der Waals surface area contributed by atoms with E-state index in [0.29, 0.717) is 0 Å². The maximum absolute atomic E-state index is 12.3. The van der Waals surface area contributed by atoms with Gasteiger partial charge < -0.3 is 0 Å². The molecule has 0 nitrogen and oxygen atoms in total. The van der Waals surface area contributed by atoms with Gasteiger partial charge in [-0.15, -0.1) is 0 Å². The van der Waals surface area contributed by atoms with Crippen molar-refractivity contribution < 1.29 is 30.7 Å². The second-order valence-electron chi connectivity index (χ2n) is 2.67. The van der Waals surface area contributed by atoms with Crippen LogP contribution < -0.4 is 0 Å². The van der Waals surface area contributed by atoms with Gasteiger partial charge in [0.05, 0.1) is 0 Å². The lowest BCUT2D eigenvalue weighted by Gasteiger charge is -2.21. The van der Waals surface area contributed by atoms with E-state index < -0.39 is 30.9 Å². The molecule has 0 atom stereocenters. The van der Waals surface area contributed by atoms with Crippen molar-refractivity contribution in [1.29, 1.82) is 0 Å². The molecule has 0 fully saturated rings. The summed E-state index contributed by atoms with van der Waals surface area (Å²) in [4.78, 5) is 0. The average molecular weight is 224 g/mol. The van der Waals surface area contributed by atoms with E-state index in [1.54, 1.807) is 0 Å². The zero-order valence-corrected chi connectivity index (χ0v) is 6.84. The third kappa shape index (κ3) is 3.55. The predicted octanol–water partition coefficient (Wildman–Crippen LogP) is 3.79. The normalized spacial score (nSPS) is 14.2. The van der Waals surface area contributed by atoms with E-state index in [-0.39, 0.29) is 6.08 Å². The minimum atomic E-state index is -5.79. The van der Waals surface area contributed by atoms with E-state index in [1.807, 2.05) is 0 Å². The molecule has 0 spiro atoms. The van der Waals surface area contributed by atoms with Gasteiger partial charge in [-0.1, -0.05) is 6.58 Å². The first-order valence-electron chi connectivity index (χ1n) is 3.48. The fraction of sp³-hybridized carbons (Fsp3) is 0.714. The second-order valence-corrected chi connectivity index (χ2v) is 2.67. The van der Waals surface area contributed by atoms with Crippen LogP contribution in [0.1, 0.15) is 12.8 Å². The van der Waals surface area contributed by atoms with Crippen LogP contribution in [-0.2, 0) is 0 Å². The molecule has 0 saturated carbocycles. The van der Waals surface area contributed by atoms with E-state index in [4.69, 9.17) is 0 Å². The highest BCUT2D eigenvalue weighted by Gasteiger charge is 2.57. The largest absolute Gasteiger partial charge is 0.453 e. The van der Waals surface area contributed by atoms with Gasteiger partial charge in [-0.25, -0.2) is 8.78 Å². The molecule has 0 aliphatic carbocycles.